The zero-order chi connectivity index (χ0) is 21.8. The van der Waals surface area contributed by atoms with Gasteiger partial charge in [0.1, 0.15) is 17.5 Å². The van der Waals surface area contributed by atoms with E-state index in [1.165, 1.54) is 12.0 Å². The molecule has 1 aromatic heterocycles. The fraction of sp³-hybridized carbons (Fsp3) is 0.250. The highest BCUT2D eigenvalue weighted by atomic mass is 32.1. The van der Waals surface area contributed by atoms with Crippen LogP contribution in [0.3, 0.4) is 0 Å². The van der Waals surface area contributed by atoms with Gasteiger partial charge in [0.15, 0.2) is 0 Å². The van der Waals surface area contributed by atoms with Crippen molar-refractivity contribution >= 4 is 23.2 Å². The van der Waals surface area contributed by atoms with E-state index in [4.69, 9.17) is 9.47 Å². The Hall–Kier alpha value is -3.32. The summed E-state index contributed by atoms with van der Waals surface area (Å²) in [6.45, 7) is 0.855. The summed E-state index contributed by atoms with van der Waals surface area (Å²) in [7, 11) is 3.07. The van der Waals surface area contributed by atoms with Crippen LogP contribution in [0.4, 0.5) is 0 Å². The lowest BCUT2D eigenvalue weighted by molar-refractivity contribution is -0.127. The van der Waals surface area contributed by atoms with E-state index in [-0.39, 0.29) is 11.8 Å². The summed E-state index contributed by atoms with van der Waals surface area (Å²) in [5.41, 5.74) is 2.52. The molecule has 4 rings (SSSR count). The average Bonchev–Trinajstić information content (AvgIpc) is 3.35. The van der Waals surface area contributed by atoms with E-state index in [0.717, 1.165) is 11.1 Å². The second-order valence-electron chi connectivity index (χ2n) is 7.25. The predicted octanol–water partition coefficient (Wildman–Crippen LogP) is 3.62. The second-order valence-corrected chi connectivity index (χ2v) is 8.20. The van der Waals surface area contributed by atoms with Crippen LogP contribution < -0.4 is 14.8 Å². The van der Waals surface area contributed by atoms with Gasteiger partial charge in [-0.2, -0.15) is 0 Å². The number of rotatable bonds is 6. The van der Waals surface area contributed by atoms with Gasteiger partial charge in [0.2, 0.25) is 5.91 Å². The number of nitrogens with one attached hydrogen (secondary N) is 1. The van der Waals surface area contributed by atoms with Crippen molar-refractivity contribution < 1.29 is 19.1 Å². The molecule has 1 saturated heterocycles. The molecule has 0 unspecified atom stereocenters. The third-order valence-corrected chi connectivity index (χ3v) is 6.34. The molecule has 3 aromatic rings. The first-order valence-electron chi connectivity index (χ1n) is 10.0. The number of thiophene rings is 1. The van der Waals surface area contributed by atoms with Gasteiger partial charge in [-0.15, -0.1) is 11.3 Å². The third-order valence-electron chi connectivity index (χ3n) is 5.42. The van der Waals surface area contributed by atoms with Crippen LogP contribution in [0, 0.1) is 0 Å². The molecule has 1 fully saturated rings. The minimum Gasteiger partial charge on any atom is -0.497 e. The van der Waals surface area contributed by atoms with Gasteiger partial charge in [-0.05, 0) is 40.8 Å². The molecule has 1 N–H and O–H groups in total. The monoisotopic (exact) mass is 436 g/mol. The maximum Gasteiger partial charge on any atom is 0.258 e. The first-order valence-corrected chi connectivity index (χ1v) is 10.9. The van der Waals surface area contributed by atoms with Crippen molar-refractivity contribution in [3.05, 3.63) is 71.1 Å². The first kappa shape index (κ1) is 20.9. The third kappa shape index (κ3) is 4.41. The Morgan fingerprint density at radius 3 is 2.61 bits per heavy atom. The molecule has 6 nitrogen and oxygen atoms in total. The molecule has 0 radical (unpaired) electrons. The molecule has 0 aliphatic carbocycles. The lowest BCUT2D eigenvalue weighted by Crippen LogP contribution is -2.58. The molecule has 1 atom stereocenters. The topological polar surface area (TPSA) is 67.9 Å². The molecule has 1 aliphatic rings. The quantitative estimate of drug-likeness (QED) is 0.641. The van der Waals surface area contributed by atoms with Crippen molar-refractivity contribution in [1.29, 1.82) is 0 Å². The molecular weight excluding hydrogens is 412 g/mol. The van der Waals surface area contributed by atoms with Crippen molar-refractivity contribution in [2.24, 2.45) is 0 Å². The lowest BCUT2D eigenvalue weighted by Gasteiger charge is -2.35. The van der Waals surface area contributed by atoms with Gasteiger partial charge in [-0.25, -0.2) is 0 Å². The van der Waals surface area contributed by atoms with Gasteiger partial charge in [0, 0.05) is 24.4 Å². The van der Waals surface area contributed by atoms with E-state index in [0.29, 0.717) is 36.6 Å². The van der Waals surface area contributed by atoms with Crippen LogP contribution in [0.25, 0.3) is 10.4 Å². The molecule has 0 spiro atoms. The summed E-state index contributed by atoms with van der Waals surface area (Å²) in [4.78, 5) is 29.0. The number of ether oxygens (including phenoxy) is 2. The summed E-state index contributed by atoms with van der Waals surface area (Å²) in [5.74, 6) is 0.622. The molecule has 1 aliphatic heterocycles. The number of benzene rings is 2. The van der Waals surface area contributed by atoms with E-state index in [9.17, 15) is 9.59 Å². The Balaban J connectivity index is 1.59. The Morgan fingerprint density at radius 1 is 1.13 bits per heavy atom. The summed E-state index contributed by atoms with van der Waals surface area (Å²) < 4.78 is 10.7. The number of amides is 2. The van der Waals surface area contributed by atoms with Gasteiger partial charge in [-0.3, -0.25) is 9.59 Å². The highest BCUT2D eigenvalue weighted by molar-refractivity contribution is 7.13. The molecule has 2 amide bonds. The maximum atomic E-state index is 13.4. The van der Waals surface area contributed by atoms with E-state index < -0.39 is 6.04 Å². The number of hydrogen-bond acceptors (Lipinski definition) is 5. The van der Waals surface area contributed by atoms with Crippen molar-refractivity contribution in [3.63, 3.8) is 0 Å². The van der Waals surface area contributed by atoms with Crippen LogP contribution in [-0.2, 0) is 11.2 Å². The average molecular weight is 437 g/mol. The largest absolute Gasteiger partial charge is 0.497 e. The zero-order valence-corrected chi connectivity index (χ0v) is 18.3. The van der Waals surface area contributed by atoms with Crippen molar-refractivity contribution in [2.45, 2.75) is 12.5 Å². The number of nitrogens with zero attached hydrogens (tertiary/aromatic N) is 1. The highest BCUT2D eigenvalue weighted by Gasteiger charge is 2.34. The number of piperazine rings is 1. The molecule has 160 valence electrons. The van der Waals surface area contributed by atoms with Crippen LogP contribution in [-0.4, -0.2) is 50.1 Å². The fourth-order valence-corrected chi connectivity index (χ4v) is 4.50. The van der Waals surface area contributed by atoms with Crippen molar-refractivity contribution in [2.75, 3.05) is 27.3 Å². The molecule has 0 bridgehead atoms. The number of hydrogen-bond donors (Lipinski definition) is 1. The minimum absolute atomic E-state index is 0.149. The van der Waals surface area contributed by atoms with Crippen molar-refractivity contribution in [1.82, 2.24) is 10.2 Å². The smallest absolute Gasteiger partial charge is 0.258 e. The number of carbonyl (C=O) groups is 2. The Morgan fingerprint density at radius 2 is 1.94 bits per heavy atom. The normalized spacial score (nSPS) is 16.0. The van der Waals surface area contributed by atoms with Crippen LogP contribution in [0.5, 0.6) is 11.5 Å². The van der Waals surface area contributed by atoms with Gasteiger partial charge in [-0.1, -0.05) is 30.3 Å². The van der Waals surface area contributed by atoms with Crippen LogP contribution >= 0.6 is 11.3 Å². The SMILES string of the molecule is COc1ccc(OC)c(C(=O)N2CCNC(=O)[C@H]2Cc2ccc(-c3cccs3)cc2)c1. The van der Waals surface area contributed by atoms with Crippen LogP contribution in [0.15, 0.2) is 60.0 Å². The standard InChI is InChI=1S/C24H24N2O4S/c1-29-18-9-10-21(30-2)19(15-18)24(28)26-12-11-25-23(27)20(26)14-16-5-7-17(8-6-16)22-4-3-13-31-22/h3-10,13,15,20H,11-12,14H2,1-2H3,(H,25,27)/t20-/m1/s1. The molecule has 0 saturated carbocycles. The summed E-state index contributed by atoms with van der Waals surface area (Å²) in [6.07, 6.45) is 0.439. The van der Waals surface area contributed by atoms with E-state index in [1.54, 1.807) is 41.5 Å². The Labute approximate surface area is 185 Å². The minimum atomic E-state index is -0.593. The predicted molar refractivity (Wildman–Crippen MR) is 121 cm³/mol. The highest BCUT2D eigenvalue weighted by Crippen LogP contribution is 2.28. The van der Waals surface area contributed by atoms with Gasteiger partial charge in [0.05, 0.1) is 19.8 Å². The maximum absolute atomic E-state index is 13.4. The number of carbonyl (C=O) groups excluding carboxylic acids is 2. The van der Waals surface area contributed by atoms with Crippen molar-refractivity contribution in [3.8, 4) is 21.9 Å². The van der Waals surface area contributed by atoms with E-state index >= 15 is 0 Å². The molecule has 2 heterocycles. The second kappa shape index (κ2) is 9.22. The fourth-order valence-electron chi connectivity index (χ4n) is 3.77. The van der Waals surface area contributed by atoms with Crippen LogP contribution in [0.1, 0.15) is 15.9 Å². The van der Waals surface area contributed by atoms with E-state index in [2.05, 4.69) is 23.5 Å². The zero-order valence-electron chi connectivity index (χ0n) is 17.5. The van der Waals surface area contributed by atoms with Crippen LogP contribution in [0.2, 0.25) is 0 Å². The van der Waals surface area contributed by atoms with E-state index in [1.807, 2.05) is 23.6 Å². The molecular formula is C24H24N2O4S. The summed E-state index contributed by atoms with van der Waals surface area (Å²) in [5, 5.41) is 4.93. The molecule has 31 heavy (non-hydrogen) atoms. The molecule has 7 heteroatoms. The van der Waals surface area contributed by atoms with Gasteiger partial charge in [0.25, 0.3) is 5.91 Å². The number of methoxy groups -OCH3 is 2. The summed E-state index contributed by atoms with van der Waals surface area (Å²) in [6, 6.07) is 16.8. The Kier molecular flexibility index (Phi) is 6.23. The van der Waals surface area contributed by atoms with Gasteiger partial charge < -0.3 is 19.7 Å². The Bertz CT molecular complexity index is 1060. The van der Waals surface area contributed by atoms with Gasteiger partial charge >= 0.3 is 0 Å². The first-order chi connectivity index (χ1) is 15.1. The lowest BCUT2D eigenvalue weighted by atomic mass is 9.99. The molecule has 2 aromatic carbocycles. The summed E-state index contributed by atoms with van der Waals surface area (Å²) >= 11 is 1.69.